The van der Waals surface area contributed by atoms with E-state index in [4.69, 9.17) is 0 Å². The molecule has 20 heavy (non-hydrogen) atoms. The van der Waals surface area contributed by atoms with Crippen LogP contribution in [-0.2, 0) is 9.84 Å². The fraction of sp³-hybridized carbons (Fsp3) is 0.625. The topological polar surface area (TPSA) is 46.2 Å². The molecule has 0 heterocycles. The average molecular weight is 297 g/mol. The molecule has 0 saturated heterocycles. The third-order valence-corrected chi connectivity index (χ3v) is 5.84. The molecule has 1 atom stereocenters. The van der Waals surface area contributed by atoms with Crippen molar-refractivity contribution in [1.82, 2.24) is 5.32 Å². The summed E-state index contributed by atoms with van der Waals surface area (Å²) in [4.78, 5) is 0. The minimum atomic E-state index is -3.07. The summed E-state index contributed by atoms with van der Waals surface area (Å²) in [6.07, 6.45) is 2.29. The summed E-state index contributed by atoms with van der Waals surface area (Å²) in [5, 5.41) is 3.44. The van der Waals surface area contributed by atoms with E-state index in [9.17, 15) is 8.42 Å². The highest BCUT2D eigenvalue weighted by Crippen LogP contribution is 2.23. The van der Waals surface area contributed by atoms with E-state index in [0.29, 0.717) is 12.5 Å². The van der Waals surface area contributed by atoms with Crippen LogP contribution >= 0.6 is 0 Å². The largest absolute Gasteiger partial charge is 0.308 e. The molecule has 1 aromatic rings. The molecule has 1 unspecified atom stereocenters. The molecule has 0 aliphatic carbocycles. The van der Waals surface area contributed by atoms with E-state index in [2.05, 4.69) is 31.3 Å². The Morgan fingerprint density at radius 1 is 1.15 bits per heavy atom. The van der Waals surface area contributed by atoms with Gasteiger partial charge in [-0.2, -0.15) is 0 Å². The van der Waals surface area contributed by atoms with Crippen LogP contribution in [0.2, 0.25) is 0 Å². The van der Waals surface area contributed by atoms with Crippen molar-refractivity contribution in [3.05, 3.63) is 35.9 Å². The first-order valence-corrected chi connectivity index (χ1v) is 9.00. The predicted octanol–water partition coefficient (Wildman–Crippen LogP) is 3.19. The van der Waals surface area contributed by atoms with Crippen LogP contribution in [0.4, 0.5) is 0 Å². The summed E-state index contributed by atoms with van der Waals surface area (Å²) in [5.41, 5.74) is 1.21. The van der Waals surface area contributed by atoms with Crippen molar-refractivity contribution in [3.8, 4) is 0 Å². The standard InChI is InChI=1S/C16H27NO2S/c1-13(2)11-15(14-9-7-6-8-10-14)17-12-16(3,4)20(5,18)19/h6-10,13,15,17H,11-12H2,1-5H3. The van der Waals surface area contributed by atoms with Gasteiger partial charge in [0.1, 0.15) is 0 Å². The summed E-state index contributed by atoms with van der Waals surface area (Å²) < 4.78 is 22.8. The number of rotatable bonds is 7. The van der Waals surface area contributed by atoms with Crippen molar-refractivity contribution >= 4 is 9.84 Å². The van der Waals surface area contributed by atoms with Crippen molar-refractivity contribution in [2.75, 3.05) is 12.8 Å². The lowest BCUT2D eigenvalue weighted by Gasteiger charge is -2.28. The van der Waals surface area contributed by atoms with Crippen LogP contribution in [0.15, 0.2) is 30.3 Å². The second-order valence-electron chi connectivity index (χ2n) is 6.51. The molecule has 0 bridgehead atoms. The van der Waals surface area contributed by atoms with E-state index in [0.717, 1.165) is 6.42 Å². The number of nitrogens with one attached hydrogen (secondary N) is 1. The van der Waals surface area contributed by atoms with Gasteiger partial charge in [-0.1, -0.05) is 44.2 Å². The smallest absolute Gasteiger partial charge is 0.153 e. The van der Waals surface area contributed by atoms with Gasteiger partial charge in [-0.05, 0) is 31.7 Å². The molecule has 1 rings (SSSR count). The van der Waals surface area contributed by atoms with E-state index in [1.807, 2.05) is 18.2 Å². The second-order valence-corrected chi connectivity index (χ2v) is 9.16. The molecule has 0 spiro atoms. The summed E-state index contributed by atoms with van der Waals surface area (Å²) in [6, 6.07) is 10.4. The average Bonchev–Trinajstić information content (AvgIpc) is 2.33. The zero-order valence-corrected chi connectivity index (χ0v) is 14.0. The van der Waals surface area contributed by atoms with Gasteiger partial charge in [0, 0.05) is 18.8 Å². The molecule has 0 aromatic heterocycles. The zero-order valence-electron chi connectivity index (χ0n) is 13.2. The monoisotopic (exact) mass is 297 g/mol. The Morgan fingerprint density at radius 2 is 1.70 bits per heavy atom. The molecule has 0 amide bonds. The van der Waals surface area contributed by atoms with Crippen molar-refractivity contribution < 1.29 is 8.42 Å². The molecule has 0 aliphatic rings. The molecule has 3 nitrogen and oxygen atoms in total. The zero-order chi connectivity index (χ0) is 15.4. The molecule has 0 radical (unpaired) electrons. The summed E-state index contributed by atoms with van der Waals surface area (Å²) >= 11 is 0. The van der Waals surface area contributed by atoms with Gasteiger partial charge in [-0.3, -0.25) is 0 Å². The molecule has 114 valence electrons. The molecular weight excluding hydrogens is 270 g/mol. The van der Waals surface area contributed by atoms with Crippen molar-refractivity contribution in [2.24, 2.45) is 5.92 Å². The lowest BCUT2D eigenvalue weighted by atomic mass is 9.96. The van der Waals surface area contributed by atoms with Crippen molar-refractivity contribution in [1.29, 1.82) is 0 Å². The normalized spacial score (nSPS) is 14.5. The maximum absolute atomic E-state index is 11.8. The van der Waals surface area contributed by atoms with E-state index in [1.165, 1.54) is 11.8 Å². The van der Waals surface area contributed by atoms with Crippen molar-refractivity contribution in [2.45, 2.75) is 44.9 Å². The molecule has 0 saturated carbocycles. The highest BCUT2D eigenvalue weighted by Gasteiger charge is 2.30. The molecular formula is C16H27NO2S. The molecule has 1 N–H and O–H groups in total. The highest BCUT2D eigenvalue weighted by molar-refractivity contribution is 7.92. The quantitative estimate of drug-likeness (QED) is 0.840. The Bertz CT molecular complexity index is 507. The van der Waals surface area contributed by atoms with Crippen LogP contribution < -0.4 is 5.32 Å². The van der Waals surface area contributed by atoms with Gasteiger partial charge in [0.2, 0.25) is 0 Å². The fourth-order valence-electron chi connectivity index (χ4n) is 1.99. The first kappa shape index (κ1) is 17.2. The third-order valence-electron chi connectivity index (χ3n) is 3.69. The van der Waals surface area contributed by atoms with Gasteiger partial charge in [-0.25, -0.2) is 8.42 Å². The number of benzene rings is 1. The Labute approximate surface area is 123 Å². The molecule has 4 heteroatoms. The van der Waals surface area contributed by atoms with Crippen LogP contribution in [0, 0.1) is 5.92 Å². The fourth-order valence-corrected chi connectivity index (χ4v) is 2.34. The lowest BCUT2D eigenvalue weighted by molar-refractivity contribution is 0.408. The highest BCUT2D eigenvalue weighted by atomic mass is 32.2. The van der Waals surface area contributed by atoms with Crippen molar-refractivity contribution in [3.63, 3.8) is 0 Å². The third kappa shape index (κ3) is 4.91. The number of sulfone groups is 1. The number of hydrogen-bond donors (Lipinski definition) is 1. The summed E-state index contributed by atoms with van der Waals surface area (Å²) in [5.74, 6) is 0.550. The minimum absolute atomic E-state index is 0.192. The van der Waals surface area contributed by atoms with E-state index < -0.39 is 14.6 Å². The Hall–Kier alpha value is -0.870. The maximum atomic E-state index is 11.8. The maximum Gasteiger partial charge on any atom is 0.153 e. The van der Waals surface area contributed by atoms with Crippen LogP contribution in [0.1, 0.15) is 45.7 Å². The van der Waals surface area contributed by atoms with Gasteiger partial charge >= 0.3 is 0 Å². The van der Waals surface area contributed by atoms with Crippen LogP contribution in [0.25, 0.3) is 0 Å². The number of hydrogen-bond acceptors (Lipinski definition) is 3. The van der Waals surface area contributed by atoms with E-state index in [1.54, 1.807) is 13.8 Å². The molecule has 0 aliphatic heterocycles. The van der Waals surface area contributed by atoms with Crippen LogP contribution in [-0.4, -0.2) is 26.0 Å². The minimum Gasteiger partial charge on any atom is -0.308 e. The van der Waals surface area contributed by atoms with Gasteiger partial charge in [0.25, 0.3) is 0 Å². The SMILES string of the molecule is CC(C)CC(NCC(C)(C)S(C)(=O)=O)c1ccccc1. The lowest BCUT2D eigenvalue weighted by Crippen LogP contribution is -2.43. The van der Waals surface area contributed by atoms with Gasteiger partial charge in [-0.15, -0.1) is 0 Å². The summed E-state index contributed by atoms with van der Waals surface area (Å²) in [6.45, 7) is 8.36. The second kappa shape index (κ2) is 6.72. The van der Waals surface area contributed by atoms with E-state index in [-0.39, 0.29) is 6.04 Å². The van der Waals surface area contributed by atoms with Gasteiger partial charge in [0.05, 0.1) is 4.75 Å². The van der Waals surface area contributed by atoms with Gasteiger partial charge in [0.15, 0.2) is 9.84 Å². The first-order valence-electron chi connectivity index (χ1n) is 7.11. The van der Waals surface area contributed by atoms with Gasteiger partial charge < -0.3 is 5.32 Å². The Kier molecular flexibility index (Phi) is 5.78. The Balaban J connectivity index is 2.82. The van der Waals surface area contributed by atoms with E-state index >= 15 is 0 Å². The van der Waals surface area contributed by atoms with Crippen LogP contribution in [0.5, 0.6) is 0 Å². The molecule has 0 fully saturated rings. The Morgan fingerprint density at radius 3 is 2.15 bits per heavy atom. The summed E-state index contributed by atoms with van der Waals surface area (Å²) in [7, 11) is -3.07. The molecule has 1 aromatic carbocycles. The predicted molar refractivity (Wildman–Crippen MR) is 85.6 cm³/mol. The van der Waals surface area contributed by atoms with Crippen LogP contribution in [0.3, 0.4) is 0 Å². The first-order chi connectivity index (χ1) is 9.13.